The normalized spacial score (nSPS) is 28.7. The summed E-state index contributed by atoms with van der Waals surface area (Å²) in [5.41, 5.74) is -0.259. The lowest BCUT2D eigenvalue weighted by molar-refractivity contribution is -0.140. The van der Waals surface area contributed by atoms with E-state index >= 15 is 0 Å². The molecule has 0 aromatic heterocycles. The summed E-state index contributed by atoms with van der Waals surface area (Å²) in [6, 6.07) is 4.94. The minimum atomic E-state index is -1.10. The molecule has 4 rings (SSSR count). The van der Waals surface area contributed by atoms with Crippen molar-refractivity contribution in [3.63, 3.8) is 0 Å². The number of nitrogens with zero attached hydrogens (tertiary/aromatic N) is 2. The summed E-state index contributed by atoms with van der Waals surface area (Å²) in [5.74, 6) is 1.57. The third-order valence-electron chi connectivity index (χ3n) is 5.85. The topological polar surface area (TPSA) is 88.2 Å². The molecule has 8 nitrogen and oxygen atoms in total. The summed E-state index contributed by atoms with van der Waals surface area (Å²) in [4.78, 5) is 41.1. The van der Waals surface area contributed by atoms with Crippen LogP contribution in [-0.2, 0) is 16.0 Å². The quantitative estimate of drug-likeness (QED) is 0.777. The lowest BCUT2D eigenvalue weighted by Gasteiger charge is -2.35. The molecule has 0 unspecified atom stereocenters. The number of hydrogen-bond donors (Lipinski definition) is 1. The molecule has 3 aliphatic rings. The molecule has 2 saturated heterocycles. The number of carbonyl (C=O) groups is 3. The van der Waals surface area contributed by atoms with E-state index in [2.05, 4.69) is 19.2 Å². The Morgan fingerprint density at radius 3 is 2.59 bits per heavy atom. The van der Waals surface area contributed by atoms with Gasteiger partial charge >= 0.3 is 6.03 Å². The first-order valence-corrected chi connectivity index (χ1v) is 10.1. The fourth-order valence-corrected chi connectivity index (χ4v) is 4.57. The Morgan fingerprint density at radius 1 is 1.17 bits per heavy atom. The molecule has 8 heteroatoms. The number of piperidine rings is 1. The largest absolute Gasteiger partial charge is 0.454 e. The van der Waals surface area contributed by atoms with Crippen molar-refractivity contribution in [1.29, 1.82) is 0 Å². The van der Waals surface area contributed by atoms with Gasteiger partial charge in [-0.2, -0.15) is 0 Å². The van der Waals surface area contributed by atoms with E-state index < -0.39 is 11.6 Å². The van der Waals surface area contributed by atoms with Crippen molar-refractivity contribution < 1.29 is 23.9 Å². The van der Waals surface area contributed by atoms with Crippen LogP contribution in [-0.4, -0.2) is 59.6 Å². The Kier molecular flexibility index (Phi) is 4.88. The molecule has 0 radical (unpaired) electrons. The maximum atomic E-state index is 13.0. The molecule has 3 atom stereocenters. The highest BCUT2D eigenvalue weighted by atomic mass is 16.7. The van der Waals surface area contributed by atoms with Gasteiger partial charge in [0.25, 0.3) is 5.91 Å². The zero-order valence-corrected chi connectivity index (χ0v) is 17.1. The molecule has 0 aliphatic carbocycles. The number of imide groups is 1. The molecule has 1 aromatic carbocycles. The molecular weight excluding hydrogens is 374 g/mol. The van der Waals surface area contributed by atoms with Crippen molar-refractivity contribution >= 4 is 17.8 Å². The van der Waals surface area contributed by atoms with Gasteiger partial charge < -0.3 is 19.7 Å². The number of ether oxygens (including phenoxy) is 2. The number of nitrogens with one attached hydrogen (secondary N) is 1. The van der Waals surface area contributed by atoms with Crippen LogP contribution < -0.4 is 14.8 Å². The minimum absolute atomic E-state index is 0.176. The predicted octanol–water partition coefficient (Wildman–Crippen LogP) is 1.77. The van der Waals surface area contributed by atoms with Crippen molar-refractivity contribution in [2.45, 2.75) is 39.2 Å². The van der Waals surface area contributed by atoms with Crippen molar-refractivity contribution in [2.75, 3.05) is 26.4 Å². The second kappa shape index (κ2) is 7.24. The molecule has 4 amide bonds. The molecule has 156 valence electrons. The molecule has 2 fully saturated rings. The Hall–Kier alpha value is -2.77. The van der Waals surface area contributed by atoms with Gasteiger partial charge in [-0.3, -0.25) is 14.5 Å². The van der Waals surface area contributed by atoms with E-state index in [-0.39, 0.29) is 25.2 Å². The summed E-state index contributed by atoms with van der Waals surface area (Å²) in [5, 5.41) is 2.77. The zero-order valence-electron chi connectivity index (χ0n) is 17.1. The molecule has 29 heavy (non-hydrogen) atoms. The number of rotatable bonds is 4. The van der Waals surface area contributed by atoms with Crippen LogP contribution in [0, 0.1) is 11.8 Å². The Morgan fingerprint density at radius 2 is 1.86 bits per heavy atom. The fraction of sp³-hybridized carbons (Fsp3) is 0.571. The molecular formula is C21H27N3O5. The van der Waals surface area contributed by atoms with Crippen molar-refractivity contribution in [3.05, 3.63) is 23.8 Å². The minimum Gasteiger partial charge on any atom is -0.454 e. The highest BCUT2D eigenvalue weighted by molar-refractivity contribution is 6.09. The van der Waals surface area contributed by atoms with E-state index in [0.717, 1.165) is 16.9 Å². The Bertz CT molecular complexity index is 847. The van der Waals surface area contributed by atoms with Gasteiger partial charge in [0, 0.05) is 19.5 Å². The van der Waals surface area contributed by atoms with Crippen LogP contribution in [0.25, 0.3) is 0 Å². The smallest absolute Gasteiger partial charge is 0.325 e. The van der Waals surface area contributed by atoms with Gasteiger partial charge in [0.1, 0.15) is 12.1 Å². The molecule has 1 N–H and O–H groups in total. The van der Waals surface area contributed by atoms with Crippen LogP contribution >= 0.6 is 0 Å². The third-order valence-corrected chi connectivity index (χ3v) is 5.85. The number of carbonyl (C=O) groups excluding carboxylic acids is 3. The molecule has 0 saturated carbocycles. The maximum absolute atomic E-state index is 13.0. The van der Waals surface area contributed by atoms with E-state index in [9.17, 15) is 14.4 Å². The van der Waals surface area contributed by atoms with Crippen LogP contribution in [0.3, 0.4) is 0 Å². The van der Waals surface area contributed by atoms with Gasteiger partial charge in [-0.05, 0) is 42.9 Å². The average molecular weight is 401 g/mol. The molecule has 0 bridgehead atoms. The lowest BCUT2D eigenvalue weighted by Crippen LogP contribution is -2.49. The summed E-state index contributed by atoms with van der Waals surface area (Å²) in [6.07, 6.45) is 1.39. The number of urea groups is 1. The highest BCUT2D eigenvalue weighted by Crippen LogP contribution is 2.34. The first kappa shape index (κ1) is 19.5. The van der Waals surface area contributed by atoms with Gasteiger partial charge in [-0.15, -0.1) is 0 Å². The zero-order chi connectivity index (χ0) is 20.8. The van der Waals surface area contributed by atoms with Crippen molar-refractivity contribution in [1.82, 2.24) is 15.1 Å². The van der Waals surface area contributed by atoms with Crippen LogP contribution in [0.15, 0.2) is 18.2 Å². The number of benzene rings is 1. The summed E-state index contributed by atoms with van der Waals surface area (Å²) in [6.45, 7) is 7.21. The van der Waals surface area contributed by atoms with Crippen LogP contribution in [0.4, 0.5) is 4.79 Å². The van der Waals surface area contributed by atoms with E-state index in [1.807, 2.05) is 12.1 Å². The first-order chi connectivity index (χ1) is 13.7. The van der Waals surface area contributed by atoms with Gasteiger partial charge in [-0.1, -0.05) is 19.9 Å². The summed E-state index contributed by atoms with van der Waals surface area (Å²) in [7, 11) is 0. The van der Waals surface area contributed by atoms with E-state index in [1.165, 1.54) is 0 Å². The standard InChI is InChI=1S/C21H27N3O5/c1-13-6-14(2)10-23(9-13)18(25)11-24-19(26)21(3,22-20(24)27)8-15-4-5-16-17(7-15)29-12-28-16/h4-5,7,13-14H,6,8-12H2,1-3H3,(H,22,27)/t13-,14-,21+/m0/s1. The number of hydrogen-bond acceptors (Lipinski definition) is 5. The lowest BCUT2D eigenvalue weighted by atomic mass is 9.91. The van der Waals surface area contributed by atoms with Gasteiger partial charge in [0.05, 0.1) is 0 Å². The average Bonchev–Trinajstić information content (AvgIpc) is 3.19. The van der Waals surface area contributed by atoms with Crippen LogP contribution in [0.5, 0.6) is 11.5 Å². The number of fused-ring (bicyclic) bond motifs is 1. The van der Waals surface area contributed by atoms with Crippen LogP contribution in [0.1, 0.15) is 32.8 Å². The maximum Gasteiger partial charge on any atom is 0.325 e. The fourth-order valence-electron chi connectivity index (χ4n) is 4.57. The number of likely N-dealkylation sites (tertiary alicyclic amines) is 1. The summed E-state index contributed by atoms with van der Waals surface area (Å²) >= 11 is 0. The van der Waals surface area contributed by atoms with Gasteiger partial charge in [0.2, 0.25) is 12.7 Å². The SMILES string of the molecule is C[C@H]1C[C@H](C)CN(C(=O)CN2C(=O)N[C@](C)(Cc3ccc4c(c3)OCO4)C2=O)C1. The van der Waals surface area contributed by atoms with E-state index in [4.69, 9.17) is 9.47 Å². The van der Waals surface area contributed by atoms with E-state index in [0.29, 0.717) is 42.8 Å². The first-order valence-electron chi connectivity index (χ1n) is 10.1. The second-order valence-corrected chi connectivity index (χ2v) is 8.76. The highest BCUT2D eigenvalue weighted by Gasteiger charge is 2.48. The molecule has 3 aliphatic heterocycles. The number of amides is 4. The van der Waals surface area contributed by atoms with Gasteiger partial charge in [0.15, 0.2) is 11.5 Å². The Labute approximate surface area is 170 Å². The van der Waals surface area contributed by atoms with Crippen molar-refractivity contribution in [2.24, 2.45) is 11.8 Å². The molecule has 1 aromatic rings. The predicted molar refractivity (Wildman–Crippen MR) is 104 cm³/mol. The Balaban J connectivity index is 1.44. The third kappa shape index (κ3) is 3.75. The van der Waals surface area contributed by atoms with E-state index in [1.54, 1.807) is 17.9 Å². The second-order valence-electron chi connectivity index (χ2n) is 8.76. The molecule has 3 heterocycles. The van der Waals surface area contributed by atoms with Gasteiger partial charge in [-0.25, -0.2) is 4.79 Å². The summed E-state index contributed by atoms with van der Waals surface area (Å²) < 4.78 is 10.7. The monoisotopic (exact) mass is 401 g/mol. The van der Waals surface area contributed by atoms with Crippen LogP contribution in [0.2, 0.25) is 0 Å². The van der Waals surface area contributed by atoms with Crippen molar-refractivity contribution in [3.8, 4) is 11.5 Å². The molecule has 0 spiro atoms.